The first kappa shape index (κ1) is 16.2. The van der Waals surface area contributed by atoms with Gasteiger partial charge in [-0.3, -0.25) is 0 Å². The van der Waals surface area contributed by atoms with Crippen molar-refractivity contribution in [2.75, 3.05) is 24.6 Å². The van der Waals surface area contributed by atoms with Crippen LogP contribution in [0.15, 0.2) is 18.2 Å². The van der Waals surface area contributed by atoms with Gasteiger partial charge < -0.3 is 15.0 Å². The van der Waals surface area contributed by atoms with Gasteiger partial charge in [0, 0.05) is 43.5 Å². The molecule has 1 aromatic rings. The third-order valence-corrected chi connectivity index (χ3v) is 3.95. The van der Waals surface area contributed by atoms with E-state index in [-0.39, 0.29) is 11.9 Å². The first-order chi connectivity index (χ1) is 10.1. The normalized spacial score (nSPS) is 18.4. The van der Waals surface area contributed by atoms with Crippen LogP contribution in [0, 0.1) is 5.82 Å². The Morgan fingerprint density at radius 2 is 2.24 bits per heavy atom. The molecule has 1 atom stereocenters. The first-order valence-corrected chi connectivity index (χ1v) is 7.99. The standard InChI is InChI=1S/C17H27FN2O/c1-4-20(12-14-7-6-10-21-14)17-9-5-8-16(18)15(17)11-19-13(2)3/h5,8-9,13-14,19H,4,6-7,10-12H2,1-3H3. The molecular weight excluding hydrogens is 267 g/mol. The summed E-state index contributed by atoms with van der Waals surface area (Å²) in [5.74, 6) is -0.133. The van der Waals surface area contributed by atoms with Gasteiger partial charge in [0.15, 0.2) is 0 Å². The number of benzene rings is 1. The van der Waals surface area contributed by atoms with Crippen LogP contribution in [0.4, 0.5) is 10.1 Å². The van der Waals surface area contributed by atoms with Gasteiger partial charge in [-0.1, -0.05) is 19.9 Å². The zero-order valence-corrected chi connectivity index (χ0v) is 13.4. The zero-order chi connectivity index (χ0) is 15.2. The van der Waals surface area contributed by atoms with Gasteiger partial charge >= 0.3 is 0 Å². The predicted octanol–water partition coefficient (Wildman–Crippen LogP) is 3.33. The summed E-state index contributed by atoms with van der Waals surface area (Å²) in [6, 6.07) is 5.69. The largest absolute Gasteiger partial charge is 0.376 e. The number of halogens is 1. The van der Waals surface area contributed by atoms with E-state index in [1.54, 1.807) is 12.1 Å². The van der Waals surface area contributed by atoms with Crippen LogP contribution in [0.25, 0.3) is 0 Å². The van der Waals surface area contributed by atoms with Gasteiger partial charge in [0.05, 0.1) is 6.10 Å². The smallest absolute Gasteiger partial charge is 0.129 e. The maximum Gasteiger partial charge on any atom is 0.129 e. The molecule has 4 heteroatoms. The number of rotatable bonds is 7. The third kappa shape index (κ3) is 4.42. The second kappa shape index (κ2) is 7.76. The molecule has 1 aliphatic rings. The maximum absolute atomic E-state index is 14.2. The lowest BCUT2D eigenvalue weighted by molar-refractivity contribution is 0.115. The second-order valence-electron chi connectivity index (χ2n) is 5.95. The fraction of sp³-hybridized carbons (Fsp3) is 0.647. The first-order valence-electron chi connectivity index (χ1n) is 7.99. The van der Waals surface area contributed by atoms with E-state index in [1.807, 2.05) is 6.07 Å². The predicted molar refractivity (Wildman–Crippen MR) is 85.2 cm³/mol. The molecule has 1 aromatic carbocycles. The molecule has 1 heterocycles. The Morgan fingerprint density at radius 1 is 1.43 bits per heavy atom. The van der Waals surface area contributed by atoms with Gasteiger partial charge in [-0.2, -0.15) is 0 Å². The summed E-state index contributed by atoms with van der Waals surface area (Å²) >= 11 is 0. The van der Waals surface area contributed by atoms with E-state index in [4.69, 9.17) is 4.74 Å². The van der Waals surface area contributed by atoms with E-state index in [0.717, 1.165) is 43.8 Å². The fourth-order valence-corrected chi connectivity index (χ4v) is 2.76. The molecular formula is C17H27FN2O. The summed E-state index contributed by atoms with van der Waals surface area (Å²) < 4.78 is 19.9. The van der Waals surface area contributed by atoms with Crippen molar-refractivity contribution < 1.29 is 9.13 Å². The van der Waals surface area contributed by atoms with E-state index in [2.05, 4.69) is 31.0 Å². The van der Waals surface area contributed by atoms with Crippen molar-refractivity contribution in [1.29, 1.82) is 0 Å². The van der Waals surface area contributed by atoms with E-state index in [9.17, 15) is 4.39 Å². The van der Waals surface area contributed by atoms with Crippen molar-refractivity contribution in [2.24, 2.45) is 0 Å². The van der Waals surface area contributed by atoms with Crippen molar-refractivity contribution in [2.45, 2.75) is 52.3 Å². The Balaban J connectivity index is 2.16. The van der Waals surface area contributed by atoms with Crippen LogP contribution in [-0.4, -0.2) is 31.8 Å². The topological polar surface area (TPSA) is 24.5 Å². The second-order valence-corrected chi connectivity index (χ2v) is 5.95. The Morgan fingerprint density at radius 3 is 2.86 bits per heavy atom. The molecule has 21 heavy (non-hydrogen) atoms. The highest BCUT2D eigenvalue weighted by Crippen LogP contribution is 2.25. The molecule has 0 saturated carbocycles. The van der Waals surface area contributed by atoms with Crippen LogP contribution in [0.2, 0.25) is 0 Å². The van der Waals surface area contributed by atoms with Gasteiger partial charge in [0.2, 0.25) is 0 Å². The van der Waals surface area contributed by atoms with Crippen LogP contribution in [0.1, 0.15) is 39.2 Å². The number of anilines is 1. The Labute approximate surface area is 127 Å². The molecule has 3 nitrogen and oxygen atoms in total. The van der Waals surface area contributed by atoms with Gasteiger partial charge in [-0.25, -0.2) is 4.39 Å². The molecule has 0 bridgehead atoms. The van der Waals surface area contributed by atoms with Gasteiger partial charge in [0.1, 0.15) is 5.82 Å². The molecule has 0 amide bonds. The van der Waals surface area contributed by atoms with Crippen LogP contribution >= 0.6 is 0 Å². The van der Waals surface area contributed by atoms with Crippen molar-refractivity contribution in [3.63, 3.8) is 0 Å². The van der Waals surface area contributed by atoms with Crippen LogP contribution < -0.4 is 10.2 Å². The Kier molecular flexibility index (Phi) is 6.00. The number of likely N-dealkylation sites (N-methyl/N-ethyl adjacent to an activating group) is 1. The highest BCUT2D eigenvalue weighted by Gasteiger charge is 2.21. The van der Waals surface area contributed by atoms with Gasteiger partial charge in [-0.05, 0) is 31.9 Å². The number of hydrogen-bond donors (Lipinski definition) is 1. The summed E-state index contributed by atoms with van der Waals surface area (Å²) in [4.78, 5) is 2.23. The van der Waals surface area contributed by atoms with Crippen molar-refractivity contribution in [1.82, 2.24) is 5.32 Å². The van der Waals surface area contributed by atoms with Crippen molar-refractivity contribution in [3.05, 3.63) is 29.6 Å². The summed E-state index contributed by atoms with van der Waals surface area (Å²) in [5, 5.41) is 3.32. The highest BCUT2D eigenvalue weighted by atomic mass is 19.1. The monoisotopic (exact) mass is 294 g/mol. The number of nitrogens with zero attached hydrogens (tertiary/aromatic N) is 1. The van der Waals surface area contributed by atoms with Crippen molar-refractivity contribution in [3.8, 4) is 0 Å². The minimum absolute atomic E-state index is 0.133. The van der Waals surface area contributed by atoms with E-state index in [0.29, 0.717) is 12.6 Å². The number of ether oxygens (including phenoxy) is 1. The molecule has 0 aromatic heterocycles. The average Bonchev–Trinajstić information content (AvgIpc) is 2.96. The maximum atomic E-state index is 14.2. The lowest BCUT2D eigenvalue weighted by Gasteiger charge is -2.28. The van der Waals surface area contributed by atoms with Crippen LogP contribution in [0.5, 0.6) is 0 Å². The summed E-state index contributed by atoms with van der Waals surface area (Å²) in [6.07, 6.45) is 2.51. The molecule has 1 aliphatic heterocycles. The molecule has 118 valence electrons. The average molecular weight is 294 g/mol. The van der Waals surface area contributed by atoms with E-state index in [1.165, 1.54) is 0 Å². The fourth-order valence-electron chi connectivity index (χ4n) is 2.76. The zero-order valence-electron chi connectivity index (χ0n) is 13.4. The quantitative estimate of drug-likeness (QED) is 0.835. The molecule has 1 N–H and O–H groups in total. The molecule has 0 radical (unpaired) electrons. The SMILES string of the molecule is CCN(CC1CCCO1)c1cccc(F)c1CNC(C)C. The number of nitrogens with one attached hydrogen (secondary N) is 1. The lowest BCUT2D eigenvalue weighted by Crippen LogP contribution is -2.33. The Bertz CT molecular complexity index is 444. The van der Waals surface area contributed by atoms with Crippen LogP contribution in [0.3, 0.4) is 0 Å². The summed E-state index contributed by atoms with van der Waals surface area (Å²) in [7, 11) is 0. The molecule has 1 fully saturated rings. The number of hydrogen-bond acceptors (Lipinski definition) is 3. The lowest BCUT2D eigenvalue weighted by atomic mass is 10.1. The minimum Gasteiger partial charge on any atom is -0.376 e. The summed E-state index contributed by atoms with van der Waals surface area (Å²) in [5.41, 5.74) is 1.74. The van der Waals surface area contributed by atoms with Crippen molar-refractivity contribution >= 4 is 5.69 Å². The minimum atomic E-state index is -0.133. The molecule has 1 saturated heterocycles. The molecule has 0 aliphatic carbocycles. The van der Waals surface area contributed by atoms with Crippen LogP contribution in [-0.2, 0) is 11.3 Å². The third-order valence-electron chi connectivity index (χ3n) is 3.95. The van der Waals surface area contributed by atoms with E-state index < -0.39 is 0 Å². The highest BCUT2D eigenvalue weighted by molar-refractivity contribution is 5.54. The Hall–Kier alpha value is -1.13. The summed E-state index contributed by atoms with van der Waals surface area (Å²) in [6.45, 7) is 9.37. The molecule has 2 rings (SSSR count). The van der Waals surface area contributed by atoms with Gasteiger partial charge in [0.25, 0.3) is 0 Å². The molecule has 1 unspecified atom stereocenters. The molecule has 0 spiro atoms. The van der Waals surface area contributed by atoms with E-state index >= 15 is 0 Å². The van der Waals surface area contributed by atoms with Gasteiger partial charge in [-0.15, -0.1) is 0 Å².